The number of nitrogens with zero attached hydrogens (tertiary/aromatic N) is 2. The van der Waals surface area contributed by atoms with Gasteiger partial charge in [-0.3, -0.25) is 9.78 Å². The summed E-state index contributed by atoms with van der Waals surface area (Å²) in [7, 11) is 0. The van der Waals surface area contributed by atoms with E-state index in [0.717, 1.165) is 40.0 Å². The highest BCUT2D eigenvalue weighted by molar-refractivity contribution is 5.86. The van der Waals surface area contributed by atoms with Crippen LogP contribution < -0.4 is 10.6 Å². The molecule has 0 aliphatic rings. The maximum atomic E-state index is 12.5. The molecule has 29 heavy (non-hydrogen) atoms. The first-order valence-corrected chi connectivity index (χ1v) is 9.14. The largest absolute Gasteiger partial charge is 0.417 e. The van der Waals surface area contributed by atoms with Crippen LogP contribution in [0.25, 0.3) is 10.9 Å². The van der Waals surface area contributed by atoms with Crippen molar-refractivity contribution in [2.45, 2.75) is 26.4 Å². The van der Waals surface area contributed by atoms with Crippen molar-refractivity contribution < 1.29 is 18.0 Å². The summed E-state index contributed by atoms with van der Waals surface area (Å²) in [5.74, 6) is 0.174. The Balaban J connectivity index is 1.52. The number of hydrogen-bond donors (Lipinski definition) is 2. The SMILES string of the molecule is Cc1nc2ccccc2c(C)c1CC(=O)NCCNc1ccc(C(F)(F)F)cn1. The summed E-state index contributed by atoms with van der Waals surface area (Å²) >= 11 is 0. The summed E-state index contributed by atoms with van der Waals surface area (Å²) in [6.07, 6.45) is -3.42. The number of benzene rings is 1. The highest BCUT2D eigenvalue weighted by Gasteiger charge is 2.30. The van der Waals surface area contributed by atoms with E-state index in [-0.39, 0.29) is 12.3 Å². The fourth-order valence-electron chi connectivity index (χ4n) is 3.11. The van der Waals surface area contributed by atoms with Gasteiger partial charge in [0.25, 0.3) is 0 Å². The van der Waals surface area contributed by atoms with Crippen LogP contribution in [0.5, 0.6) is 0 Å². The van der Waals surface area contributed by atoms with Crippen molar-refractivity contribution >= 4 is 22.6 Å². The second-order valence-corrected chi connectivity index (χ2v) is 6.70. The summed E-state index contributed by atoms with van der Waals surface area (Å²) in [6.45, 7) is 4.54. The van der Waals surface area contributed by atoms with E-state index in [4.69, 9.17) is 0 Å². The molecule has 0 atom stereocenters. The average molecular weight is 402 g/mol. The van der Waals surface area contributed by atoms with Crippen molar-refractivity contribution in [3.05, 3.63) is 65.0 Å². The van der Waals surface area contributed by atoms with Crippen LogP contribution in [-0.4, -0.2) is 29.0 Å². The zero-order valence-electron chi connectivity index (χ0n) is 16.1. The van der Waals surface area contributed by atoms with E-state index in [1.54, 1.807) is 0 Å². The Bertz CT molecular complexity index is 1020. The molecule has 0 aliphatic carbocycles. The molecule has 1 amide bonds. The molecule has 0 fully saturated rings. The molecule has 2 N–H and O–H groups in total. The van der Waals surface area contributed by atoms with Gasteiger partial charge in [0.2, 0.25) is 5.91 Å². The van der Waals surface area contributed by atoms with Crippen LogP contribution in [0.2, 0.25) is 0 Å². The monoisotopic (exact) mass is 402 g/mol. The second kappa shape index (κ2) is 8.46. The van der Waals surface area contributed by atoms with E-state index in [1.165, 1.54) is 6.07 Å². The van der Waals surface area contributed by atoms with Crippen molar-refractivity contribution in [2.24, 2.45) is 0 Å². The van der Waals surface area contributed by atoms with Gasteiger partial charge in [0.1, 0.15) is 5.82 Å². The maximum absolute atomic E-state index is 12.5. The Kier molecular flexibility index (Phi) is 6.00. The summed E-state index contributed by atoms with van der Waals surface area (Å²) in [4.78, 5) is 20.6. The lowest BCUT2D eigenvalue weighted by Gasteiger charge is -2.13. The van der Waals surface area contributed by atoms with Crippen molar-refractivity contribution in [3.63, 3.8) is 0 Å². The summed E-state index contributed by atoms with van der Waals surface area (Å²) in [5.41, 5.74) is 2.86. The number of rotatable bonds is 6. The molecule has 0 spiro atoms. The van der Waals surface area contributed by atoms with E-state index in [1.807, 2.05) is 38.1 Å². The molecule has 0 bridgehead atoms. The lowest BCUT2D eigenvalue weighted by Crippen LogP contribution is -2.30. The van der Waals surface area contributed by atoms with Gasteiger partial charge in [-0.2, -0.15) is 13.2 Å². The highest BCUT2D eigenvalue weighted by atomic mass is 19.4. The first kappa shape index (κ1) is 20.6. The molecule has 0 radical (unpaired) electrons. The lowest BCUT2D eigenvalue weighted by atomic mass is 9.99. The van der Waals surface area contributed by atoms with Crippen molar-refractivity contribution in [1.82, 2.24) is 15.3 Å². The minimum absolute atomic E-state index is 0.143. The van der Waals surface area contributed by atoms with Crippen LogP contribution in [0.1, 0.15) is 22.4 Å². The topological polar surface area (TPSA) is 66.9 Å². The molecule has 3 aromatic rings. The number of pyridine rings is 2. The van der Waals surface area contributed by atoms with Crippen LogP contribution in [0.4, 0.5) is 19.0 Å². The number of para-hydroxylation sites is 1. The van der Waals surface area contributed by atoms with E-state index in [2.05, 4.69) is 20.6 Å². The number of alkyl halides is 3. The minimum atomic E-state index is -4.41. The average Bonchev–Trinajstić information content (AvgIpc) is 2.68. The van der Waals surface area contributed by atoms with Gasteiger partial charge in [-0.25, -0.2) is 4.98 Å². The number of carbonyl (C=O) groups is 1. The number of nitrogens with one attached hydrogen (secondary N) is 2. The van der Waals surface area contributed by atoms with Gasteiger partial charge < -0.3 is 10.6 Å². The molecule has 8 heteroatoms. The summed E-state index contributed by atoms with van der Waals surface area (Å²) in [5, 5.41) is 6.71. The maximum Gasteiger partial charge on any atom is 0.417 e. The molecule has 0 aliphatic heterocycles. The summed E-state index contributed by atoms with van der Waals surface area (Å²) < 4.78 is 37.6. The molecular formula is C21H21F3N4O. The van der Waals surface area contributed by atoms with Gasteiger partial charge in [0.15, 0.2) is 0 Å². The number of aryl methyl sites for hydroxylation is 2. The Hall–Kier alpha value is -3.16. The normalized spacial score (nSPS) is 11.5. The Labute approximate surface area is 166 Å². The van der Waals surface area contributed by atoms with E-state index in [0.29, 0.717) is 18.9 Å². The molecule has 2 aromatic heterocycles. The molecule has 3 rings (SSSR count). The molecule has 1 aromatic carbocycles. The number of anilines is 1. The fraction of sp³-hybridized carbons (Fsp3) is 0.286. The van der Waals surface area contributed by atoms with Crippen molar-refractivity contribution in [2.75, 3.05) is 18.4 Å². The Morgan fingerprint density at radius 1 is 1.07 bits per heavy atom. The predicted octanol–water partition coefficient (Wildman–Crippen LogP) is 4.04. The molecule has 0 unspecified atom stereocenters. The predicted molar refractivity (Wildman–Crippen MR) is 106 cm³/mol. The van der Waals surface area contributed by atoms with Crippen LogP contribution in [0.15, 0.2) is 42.6 Å². The standard InChI is InChI=1S/C21H21F3N4O/c1-13-16-5-3-4-6-18(16)28-14(2)17(13)11-20(29)26-10-9-25-19-8-7-15(12-27-19)21(22,23)24/h3-8,12H,9-11H2,1-2H3,(H,25,27)(H,26,29). The van der Waals surface area contributed by atoms with Crippen LogP contribution >= 0.6 is 0 Å². The molecule has 0 saturated carbocycles. The highest BCUT2D eigenvalue weighted by Crippen LogP contribution is 2.28. The Morgan fingerprint density at radius 2 is 1.83 bits per heavy atom. The van der Waals surface area contributed by atoms with Gasteiger partial charge in [0, 0.05) is 30.4 Å². The zero-order valence-corrected chi connectivity index (χ0v) is 16.1. The van der Waals surface area contributed by atoms with Crippen LogP contribution in [-0.2, 0) is 17.4 Å². The third-order valence-corrected chi connectivity index (χ3v) is 4.67. The van der Waals surface area contributed by atoms with Crippen LogP contribution in [0.3, 0.4) is 0 Å². The first-order valence-electron chi connectivity index (χ1n) is 9.14. The second-order valence-electron chi connectivity index (χ2n) is 6.70. The van der Waals surface area contributed by atoms with Gasteiger partial charge in [-0.05, 0) is 43.2 Å². The minimum Gasteiger partial charge on any atom is -0.368 e. The van der Waals surface area contributed by atoms with Gasteiger partial charge in [0.05, 0.1) is 17.5 Å². The molecule has 152 valence electrons. The molecule has 2 heterocycles. The van der Waals surface area contributed by atoms with Gasteiger partial charge in [-0.15, -0.1) is 0 Å². The van der Waals surface area contributed by atoms with Crippen molar-refractivity contribution in [3.8, 4) is 0 Å². The number of hydrogen-bond acceptors (Lipinski definition) is 4. The van der Waals surface area contributed by atoms with Crippen LogP contribution in [0, 0.1) is 13.8 Å². The van der Waals surface area contributed by atoms with Crippen molar-refractivity contribution in [1.29, 1.82) is 0 Å². The molecule has 5 nitrogen and oxygen atoms in total. The van der Waals surface area contributed by atoms with E-state index < -0.39 is 11.7 Å². The number of fused-ring (bicyclic) bond motifs is 1. The number of aromatic nitrogens is 2. The summed E-state index contributed by atoms with van der Waals surface area (Å²) in [6, 6.07) is 10.0. The van der Waals surface area contributed by atoms with Gasteiger partial charge >= 0.3 is 6.18 Å². The zero-order chi connectivity index (χ0) is 21.0. The third kappa shape index (κ3) is 5.01. The number of halogens is 3. The Morgan fingerprint density at radius 3 is 2.52 bits per heavy atom. The lowest BCUT2D eigenvalue weighted by molar-refractivity contribution is -0.137. The van der Waals surface area contributed by atoms with E-state index >= 15 is 0 Å². The van der Waals surface area contributed by atoms with E-state index in [9.17, 15) is 18.0 Å². The quantitative estimate of drug-likeness (QED) is 0.611. The number of amides is 1. The number of carbonyl (C=O) groups excluding carboxylic acids is 1. The molecular weight excluding hydrogens is 381 g/mol. The smallest absolute Gasteiger partial charge is 0.368 e. The first-order chi connectivity index (χ1) is 13.8. The fourth-order valence-corrected chi connectivity index (χ4v) is 3.11. The molecule has 0 saturated heterocycles. The third-order valence-electron chi connectivity index (χ3n) is 4.67. The van der Waals surface area contributed by atoms with Gasteiger partial charge in [-0.1, -0.05) is 18.2 Å².